The molecule has 2 heteroatoms. The summed E-state index contributed by atoms with van der Waals surface area (Å²) in [5.41, 5.74) is 2.35. The van der Waals surface area contributed by atoms with Crippen LogP contribution in [0.25, 0.3) is 6.08 Å². The van der Waals surface area contributed by atoms with E-state index in [0.717, 1.165) is 17.1 Å². The van der Waals surface area contributed by atoms with Gasteiger partial charge in [-0.05, 0) is 24.1 Å². The number of hydrogen-bond donors (Lipinski definition) is 1. The highest BCUT2D eigenvalue weighted by molar-refractivity contribution is 6.31. The monoisotopic (exact) mass is 271 g/mol. The van der Waals surface area contributed by atoms with E-state index in [1.54, 1.807) is 0 Å². The van der Waals surface area contributed by atoms with Crippen LogP contribution in [0.4, 0.5) is 0 Å². The van der Waals surface area contributed by atoms with E-state index < -0.39 is 0 Å². The normalized spacial score (nSPS) is 12.7. The molecule has 0 aliphatic heterocycles. The number of nitrogens with one attached hydrogen (secondary N) is 1. The van der Waals surface area contributed by atoms with E-state index in [1.807, 2.05) is 36.4 Å². The van der Waals surface area contributed by atoms with Gasteiger partial charge in [0.15, 0.2) is 0 Å². The first-order valence-corrected chi connectivity index (χ1v) is 6.84. The van der Waals surface area contributed by atoms with Crippen molar-refractivity contribution < 1.29 is 0 Å². The summed E-state index contributed by atoms with van der Waals surface area (Å²) in [5.74, 6) is 0. The van der Waals surface area contributed by atoms with Crippen molar-refractivity contribution in [2.75, 3.05) is 6.54 Å². The summed E-state index contributed by atoms with van der Waals surface area (Å²) in [6.07, 6.45) is 4.25. The van der Waals surface area contributed by atoms with Gasteiger partial charge in [-0.3, -0.25) is 0 Å². The van der Waals surface area contributed by atoms with Gasteiger partial charge >= 0.3 is 0 Å². The molecule has 2 aromatic rings. The van der Waals surface area contributed by atoms with Crippen LogP contribution >= 0.6 is 11.6 Å². The Kier molecular flexibility index (Phi) is 5.20. The average Bonchev–Trinajstić information content (AvgIpc) is 2.45. The molecular formula is C17H18ClN. The summed E-state index contributed by atoms with van der Waals surface area (Å²) in [7, 11) is 0. The van der Waals surface area contributed by atoms with Crippen molar-refractivity contribution in [1.29, 1.82) is 0 Å². The summed E-state index contributed by atoms with van der Waals surface area (Å²) in [4.78, 5) is 0. The van der Waals surface area contributed by atoms with Gasteiger partial charge in [0.1, 0.15) is 0 Å². The minimum atomic E-state index is 0.245. The summed E-state index contributed by atoms with van der Waals surface area (Å²) < 4.78 is 0. The fourth-order valence-corrected chi connectivity index (χ4v) is 2.24. The second kappa shape index (κ2) is 7.13. The third kappa shape index (κ3) is 4.23. The van der Waals surface area contributed by atoms with Crippen molar-refractivity contribution in [3.05, 3.63) is 76.8 Å². The zero-order valence-electron chi connectivity index (χ0n) is 11.0. The Morgan fingerprint density at radius 2 is 1.74 bits per heavy atom. The number of halogens is 1. The van der Waals surface area contributed by atoms with Crippen molar-refractivity contribution in [2.24, 2.45) is 0 Å². The quantitative estimate of drug-likeness (QED) is 0.831. The topological polar surface area (TPSA) is 12.0 Å². The molecule has 0 amide bonds. The van der Waals surface area contributed by atoms with Gasteiger partial charge < -0.3 is 5.32 Å². The molecule has 0 radical (unpaired) electrons. The SMILES string of the molecule is C[C@@H](NC/C=C/c1ccccc1)c1ccccc1Cl. The van der Waals surface area contributed by atoms with Crippen molar-refractivity contribution >= 4 is 17.7 Å². The first-order valence-electron chi connectivity index (χ1n) is 6.47. The molecule has 1 nitrogen and oxygen atoms in total. The summed E-state index contributed by atoms with van der Waals surface area (Å²) in [6.45, 7) is 2.94. The Hall–Kier alpha value is -1.57. The predicted molar refractivity (Wildman–Crippen MR) is 83.3 cm³/mol. The van der Waals surface area contributed by atoms with Crippen LogP contribution in [-0.4, -0.2) is 6.54 Å². The smallest absolute Gasteiger partial charge is 0.0453 e. The molecule has 0 aliphatic rings. The molecule has 2 rings (SSSR count). The molecule has 98 valence electrons. The number of benzene rings is 2. The van der Waals surface area contributed by atoms with Crippen LogP contribution < -0.4 is 5.32 Å². The fourth-order valence-electron chi connectivity index (χ4n) is 1.94. The number of rotatable bonds is 5. The lowest BCUT2D eigenvalue weighted by molar-refractivity contribution is 0.618. The highest BCUT2D eigenvalue weighted by Gasteiger charge is 2.06. The van der Waals surface area contributed by atoms with Crippen molar-refractivity contribution in [3.63, 3.8) is 0 Å². The van der Waals surface area contributed by atoms with Crippen LogP contribution in [0.5, 0.6) is 0 Å². The van der Waals surface area contributed by atoms with E-state index in [-0.39, 0.29) is 6.04 Å². The molecule has 0 unspecified atom stereocenters. The van der Waals surface area contributed by atoms with Crippen molar-refractivity contribution in [3.8, 4) is 0 Å². The lowest BCUT2D eigenvalue weighted by Crippen LogP contribution is -2.18. The lowest BCUT2D eigenvalue weighted by Gasteiger charge is -2.14. The molecule has 0 saturated heterocycles. The molecule has 19 heavy (non-hydrogen) atoms. The van der Waals surface area contributed by atoms with Gasteiger partial charge in [0.2, 0.25) is 0 Å². The third-order valence-electron chi connectivity index (χ3n) is 3.02. The van der Waals surface area contributed by atoms with E-state index in [2.05, 4.69) is 42.6 Å². The molecule has 2 aromatic carbocycles. The maximum Gasteiger partial charge on any atom is 0.0453 e. The van der Waals surface area contributed by atoms with Gasteiger partial charge in [-0.2, -0.15) is 0 Å². The minimum Gasteiger partial charge on any atom is -0.307 e. The Balaban J connectivity index is 1.86. The summed E-state index contributed by atoms with van der Waals surface area (Å²) >= 11 is 6.17. The fraction of sp³-hybridized carbons (Fsp3) is 0.176. The second-order valence-electron chi connectivity index (χ2n) is 4.46. The molecule has 0 heterocycles. The van der Waals surface area contributed by atoms with Crippen LogP contribution in [0.15, 0.2) is 60.7 Å². The average molecular weight is 272 g/mol. The van der Waals surface area contributed by atoms with Crippen LogP contribution in [0.3, 0.4) is 0 Å². The van der Waals surface area contributed by atoms with Crippen LogP contribution in [0.2, 0.25) is 5.02 Å². The van der Waals surface area contributed by atoms with Crippen molar-refractivity contribution in [1.82, 2.24) is 5.32 Å². The molecule has 0 aliphatic carbocycles. The predicted octanol–water partition coefficient (Wildman–Crippen LogP) is 4.70. The standard InChI is InChI=1S/C17H18ClN/c1-14(16-11-5-6-12-17(16)18)19-13-7-10-15-8-3-2-4-9-15/h2-12,14,19H,13H2,1H3/b10-7+/t14-/m1/s1. The molecule has 1 N–H and O–H groups in total. The minimum absolute atomic E-state index is 0.245. The molecule has 0 spiro atoms. The van der Waals surface area contributed by atoms with Gasteiger partial charge in [0.05, 0.1) is 0 Å². The van der Waals surface area contributed by atoms with E-state index in [1.165, 1.54) is 5.56 Å². The molecule has 0 saturated carbocycles. The Morgan fingerprint density at radius 1 is 1.05 bits per heavy atom. The summed E-state index contributed by atoms with van der Waals surface area (Å²) in [5, 5.41) is 4.25. The second-order valence-corrected chi connectivity index (χ2v) is 4.87. The number of hydrogen-bond acceptors (Lipinski definition) is 1. The summed E-state index contributed by atoms with van der Waals surface area (Å²) in [6, 6.07) is 18.5. The van der Waals surface area contributed by atoms with Gasteiger partial charge in [0, 0.05) is 17.6 Å². The van der Waals surface area contributed by atoms with E-state index in [0.29, 0.717) is 0 Å². The largest absolute Gasteiger partial charge is 0.307 e. The zero-order valence-corrected chi connectivity index (χ0v) is 11.8. The molecule has 0 fully saturated rings. The lowest BCUT2D eigenvalue weighted by atomic mass is 10.1. The van der Waals surface area contributed by atoms with Crippen LogP contribution in [0, 0.1) is 0 Å². The molecule has 1 atom stereocenters. The molecule has 0 bridgehead atoms. The van der Waals surface area contributed by atoms with E-state index in [4.69, 9.17) is 11.6 Å². The Morgan fingerprint density at radius 3 is 2.47 bits per heavy atom. The van der Waals surface area contributed by atoms with Crippen LogP contribution in [-0.2, 0) is 0 Å². The van der Waals surface area contributed by atoms with Crippen LogP contribution in [0.1, 0.15) is 24.1 Å². The maximum atomic E-state index is 6.17. The van der Waals surface area contributed by atoms with E-state index in [9.17, 15) is 0 Å². The highest BCUT2D eigenvalue weighted by atomic mass is 35.5. The van der Waals surface area contributed by atoms with Gasteiger partial charge in [-0.1, -0.05) is 72.3 Å². The van der Waals surface area contributed by atoms with Gasteiger partial charge in [-0.15, -0.1) is 0 Å². The Labute approximate surface area is 119 Å². The van der Waals surface area contributed by atoms with Crippen molar-refractivity contribution in [2.45, 2.75) is 13.0 Å². The van der Waals surface area contributed by atoms with Gasteiger partial charge in [-0.25, -0.2) is 0 Å². The first-order chi connectivity index (χ1) is 9.27. The molecular weight excluding hydrogens is 254 g/mol. The van der Waals surface area contributed by atoms with E-state index >= 15 is 0 Å². The van der Waals surface area contributed by atoms with Gasteiger partial charge in [0.25, 0.3) is 0 Å². The first kappa shape index (κ1) is 13.9. The Bertz CT molecular complexity index is 534. The molecule has 0 aromatic heterocycles. The third-order valence-corrected chi connectivity index (χ3v) is 3.37. The highest BCUT2D eigenvalue weighted by Crippen LogP contribution is 2.21. The maximum absolute atomic E-state index is 6.17. The zero-order chi connectivity index (χ0) is 13.5.